The number of guanidine groups is 1. The number of carboxylic acids is 1. The number of hydrogen-bond donors (Lipinski definition) is 10. The van der Waals surface area contributed by atoms with Crippen LogP contribution in [0.2, 0.25) is 0 Å². The lowest BCUT2D eigenvalue weighted by Gasteiger charge is -2.26. The van der Waals surface area contributed by atoms with Gasteiger partial charge in [-0.25, -0.2) is 4.79 Å². The fourth-order valence-electron chi connectivity index (χ4n) is 3.36. The number of amides is 3. The third-order valence-corrected chi connectivity index (χ3v) is 5.30. The van der Waals surface area contributed by atoms with Crippen molar-refractivity contribution in [3.05, 3.63) is 0 Å². The Balaban J connectivity index is 5.38. The van der Waals surface area contributed by atoms with Gasteiger partial charge in [0.05, 0.1) is 12.1 Å². The molecule has 0 fully saturated rings. The molecule has 0 saturated carbocycles. The van der Waals surface area contributed by atoms with Crippen LogP contribution < -0.4 is 38.5 Å². The van der Waals surface area contributed by atoms with Gasteiger partial charge >= 0.3 is 5.97 Å². The van der Waals surface area contributed by atoms with Gasteiger partial charge in [-0.05, 0) is 57.9 Å². The summed E-state index contributed by atoms with van der Waals surface area (Å²) >= 11 is 0. The SMILES string of the molecule is CC(C)C[C@H](N)C(=O)N[C@H](C(=O)N[C@@H](CCCCN)C(=O)N[C@@H](CCCNC(=N)N)C(=O)O)[C@@H](C)O. The van der Waals surface area contributed by atoms with Gasteiger partial charge < -0.3 is 48.7 Å². The molecule has 0 unspecified atom stereocenters. The minimum absolute atomic E-state index is 0.0604. The van der Waals surface area contributed by atoms with Gasteiger partial charge in [0.2, 0.25) is 17.7 Å². The molecule has 3 amide bonds. The standard InChI is InChI=1S/C22H44N8O6/c1-12(2)11-14(24)18(32)30-17(13(3)31)20(34)28-15(7-4-5-9-23)19(33)29-16(21(35)36)8-6-10-27-22(25)26/h12-17,31H,4-11,23-24H2,1-3H3,(H,28,34)(H,29,33)(H,30,32)(H,35,36)(H4,25,26,27)/t13-,14+,15+,16+,17+/m1/s1. The van der Waals surface area contributed by atoms with E-state index in [2.05, 4.69) is 21.3 Å². The van der Waals surface area contributed by atoms with Crippen molar-refractivity contribution < 1.29 is 29.4 Å². The fraction of sp³-hybridized carbons (Fsp3) is 0.773. The van der Waals surface area contributed by atoms with E-state index >= 15 is 0 Å². The number of unbranched alkanes of at least 4 members (excludes halogenated alkanes) is 1. The molecule has 0 aromatic rings. The summed E-state index contributed by atoms with van der Waals surface area (Å²) in [5, 5.41) is 36.6. The van der Waals surface area contributed by atoms with Crippen molar-refractivity contribution in [3.8, 4) is 0 Å². The first-order valence-corrected chi connectivity index (χ1v) is 12.2. The van der Waals surface area contributed by atoms with Gasteiger partial charge in [-0.2, -0.15) is 0 Å². The van der Waals surface area contributed by atoms with Crippen molar-refractivity contribution in [2.45, 2.75) is 89.6 Å². The maximum Gasteiger partial charge on any atom is 0.326 e. The van der Waals surface area contributed by atoms with Crippen molar-refractivity contribution in [3.63, 3.8) is 0 Å². The molecule has 13 N–H and O–H groups in total. The number of nitrogens with two attached hydrogens (primary N) is 3. The van der Waals surface area contributed by atoms with Gasteiger partial charge in [-0.15, -0.1) is 0 Å². The van der Waals surface area contributed by atoms with Crippen molar-refractivity contribution in [1.82, 2.24) is 21.3 Å². The maximum atomic E-state index is 12.9. The highest BCUT2D eigenvalue weighted by Crippen LogP contribution is 2.07. The summed E-state index contributed by atoms with van der Waals surface area (Å²) in [4.78, 5) is 49.9. The summed E-state index contributed by atoms with van der Waals surface area (Å²) in [6, 6.07) is -4.60. The molecule has 0 saturated heterocycles. The minimum atomic E-state index is -1.37. The number of carbonyl (C=O) groups is 4. The molecule has 14 nitrogen and oxygen atoms in total. The third-order valence-electron chi connectivity index (χ3n) is 5.30. The Labute approximate surface area is 212 Å². The fourth-order valence-corrected chi connectivity index (χ4v) is 3.36. The molecule has 0 aliphatic carbocycles. The van der Waals surface area contributed by atoms with E-state index in [9.17, 15) is 29.4 Å². The number of carbonyl (C=O) groups excluding carboxylic acids is 3. The van der Waals surface area contributed by atoms with Crippen LogP contribution in [0, 0.1) is 11.3 Å². The highest BCUT2D eigenvalue weighted by molar-refractivity contribution is 5.94. The van der Waals surface area contributed by atoms with Crippen LogP contribution in [0.1, 0.15) is 59.3 Å². The van der Waals surface area contributed by atoms with Gasteiger partial charge in [0.25, 0.3) is 0 Å². The highest BCUT2D eigenvalue weighted by Gasteiger charge is 2.32. The molecule has 0 aliphatic rings. The molecule has 0 aromatic carbocycles. The normalized spacial score (nSPS) is 15.2. The number of aliphatic hydroxyl groups is 1. The van der Waals surface area contributed by atoms with Crippen LogP contribution in [0.4, 0.5) is 0 Å². The first-order valence-electron chi connectivity index (χ1n) is 12.2. The van der Waals surface area contributed by atoms with Gasteiger partial charge in [-0.1, -0.05) is 13.8 Å². The lowest BCUT2D eigenvalue weighted by molar-refractivity contribution is -0.142. The summed E-state index contributed by atoms with van der Waals surface area (Å²) in [6.45, 7) is 5.71. The predicted octanol–water partition coefficient (Wildman–Crippen LogP) is -2.33. The molecule has 0 heterocycles. The van der Waals surface area contributed by atoms with Crippen LogP contribution in [0.25, 0.3) is 0 Å². The quantitative estimate of drug-likeness (QED) is 0.0527. The van der Waals surface area contributed by atoms with E-state index in [0.717, 1.165) is 0 Å². The molecule has 0 aliphatic heterocycles. The zero-order valence-electron chi connectivity index (χ0n) is 21.4. The summed E-state index contributed by atoms with van der Waals surface area (Å²) in [5.41, 5.74) is 16.6. The molecule has 0 radical (unpaired) electrons. The molecular weight excluding hydrogens is 472 g/mol. The van der Waals surface area contributed by atoms with E-state index in [1.807, 2.05) is 13.8 Å². The molecule has 14 heteroatoms. The predicted molar refractivity (Wildman–Crippen MR) is 135 cm³/mol. The van der Waals surface area contributed by atoms with E-state index in [0.29, 0.717) is 32.2 Å². The van der Waals surface area contributed by atoms with E-state index in [1.54, 1.807) is 0 Å². The van der Waals surface area contributed by atoms with Crippen LogP contribution in [0.5, 0.6) is 0 Å². The first kappa shape index (κ1) is 33.0. The first-order chi connectivity index (χ1) is 16.8. The summed E-state index contributed by atoms with van der Waals surface area (Å²) in [7, 11) is 0. The third kappa shape index (κ3) is 13.8. The average molecular weight is 517 g/mol. The zero-order valence-corrected chi connectivity index (χ0v) is 21.4. The Hall–Kier alpha value is -2.97. The molecule has 36 heavy (non-hydrogen) atoms. The van der Waals surface area contributed by atoms with Crippen LogP contribution in [-0.4, -0.2) is 83.2 Å². The molecule has 5 atom stereocenters. The second-order valence-electron chi connectivity index (χ2n) is 9.19. The van der Waals surface area contributed by atoms with Crippen molar-refractivity contribution in [2.75, 3.05) is 13.1 Å². The van der Waals surface area contributed by atoms with Crippen LogP contribution in [0.15, 0.2) is 0 Å². The summed E-state index contributed by atoms with van der Waals surface area (Å²) < 4.78 is 0. The van der Waals surface area contributed by atoms with Gasteiger partial charge in [0, 0.05) is 6.54 Å². The van der Waals surface area contributed by atoms with Crippen LogP contribution in [-0.2, 0) is 19.2 Å². The lowest BCUT2D eigenvalue weighted by atomic mass is 10.0. The van der Waals surface area contributed by atoms with Crippen LogP contribution >= 0.6 is 0 Å². The smallest absolute Gasteiger partial charge is 0.326 e. The molecule has 0 rings (SSSR count). The van der Waals surface area contributed by atoms with Crippen molar-refractivity contribution in [2.24, 2.45) is 23.1 Å². The van der Waals surface area contributed by atoms with Gasteiger partial charge in [0.15, 0.2) is 5.96 Å². The number of hydrogen-bond acceptors (Lipinski definition) is 8. The Bertz CT molecular complexity index is 733. The molecule has 208 valence electrons. The number of aliphatic carboxylic acids is 1. The number of nitrogens with one attached hydrogen (secondary N) is 5. The number of carboxylic acid groups (broad SMARTS) is 1. The second-order valence-corrected chi connectivity index (χ2v) is 9.19. The largest absolute Gasteiger partial charge is 0.480 e. The van der Waals surface area contributed by atoms with E-state index in [1.165, 1.54) is 6.92 Å². The highest BCUT2D eigenvalue weighted by atomic mass is 16.4. The Morgan fingerprint density at radius 2 is 1.47 bits per heavy atom. The van der Waals surface area contributed by atoms with E-state index in [4.69, 9.17) is 22.6 Å². The second kappa shape index (κ2) is 17.5. The van der Waals surface area contributed by atoms with Crippen molar-refractivity contribution >= 4 is 29.7 Å². The Morgan fingerprint density at radius 1 is 0.889 bits per heavy atom. The molecule has 0 bridgehead atoms. The Morgan fingerprint density at radius 3 is 1.97 bits per heavy atom. The minimum Gasteiger partial charge on any atom is -0.480 e. The molecule has 0 spiro atoms. The average Bonchev–Trinajstić information content (AvgIpc) is 2.77. The van der Waals surface area contributed by atoms with Gasteiger partial charge in [0.1, 0.15) is 18.1 Å². The molecular formula is C22H44N8O6. The summed E-state index contributed by atoms with van der Waals surface area (Å²) in [5.74, 6) is -3.51. The topological polar surface area (TPSA) is 259 Å². The monoisotopic (exact) mass is 516 g/mol. The van der Waals surface area contributed by atoms with E-state index < -0.39 is 54.0 Å². The van der Waals surface area contributed by atoms with E-state index in [-0.39, 0.29) is 31.3 Å². The lowest BCUT2D eigenvalue weighted by Crippen LogP contribution is -2.59. The van der Waals surface area contributed by atoms with Gasteiger partial charge in [-0.3, -0.25) is 19.8 Å². The number of aliphatic hydroxyl groups excluding tert-OH is 1. The van der Waals surface area contributed by atoms with Crippen LogP contribution in [0.3, 0.4) is 0 Å². The Kier molecular flexibility index (Phi) is 16.0. The number of rotatable bonds is 18. The maximum absolute atomic E-state index is 12.9. The van der Waals surface area contributed by atoms with Crippen molar-refractivity contribution in [1.29, 1.82) is 5.41 Å². The molecule has 0 aromatic heterocycles. The zero-order chi connectivity index (χ0) is 27.8. The summed E-state index contributed by atoms with van der Waals surface area (Å²) in [6.07, 6.45) is 0.676.